The molecule has 0 atom stereocenters. The summed E-state index contributed by atoms with van der Waals surface area (Å²) in [7, 11) is 0. The van der Waals surface area contributed by atoms with Gasteiger partial charge in [0.2, 0.25) is 0 Å². The lowest BCUT2D eigenvalue weighted by Gasteiger charge is -2.09. The predicted octanol–water partition coefficient (Wildman–Crippen LogP) is 7.53. The number of unbranched alkanes of at least 4 members (excludes halogenated alkanes) is 9. The van der Waals surface area contributed by atoms with Gasteiger partial charge < -0.3 is 4.74 Å². The Morgan fingerprint density at radius 3 is 2.07 bits per heavy atom. The number of hydrogen-bond acceptors (Lipinski definition) is 3. The monoisotopic (exact) mass is 400 g/mol. The van der Waals surface area contributed by atoms with Gasteiger partial charge in [-0.2, -0.15) is 0 Å². The number of rotatable bonds is 15. The number of nitrogens with zero attached hydrogens (tertiary/aromatic N) is 2. The van der Waals surface area contributed by atoms with Crippen LogP contribution in [0.1, 0.15) is 90.0 Å². The number of ether oxygens (including phenoxy) is 1. The summed E-state index contributed by atoms with van der Waals surface area (Å²) in [6.45, 7) is 5.00. The summed E-state index contributed by atoms with van der Waals surface area (Å²) in [5.41, 5.74) is 1.83. The number of halogens is 1. The van der Waals surface area contributed by atoms with Crippen LogP contribution in [-0.2, 0) is 6.42 Å². The molecule has 0 spiro atoms. The minimum absolute atomic E-state index is 0.311. The van der Waals surface area contributed by atoms with E-state index in [1.165, 1.54) is 63.9 Å². The van der Waals surface area contributed by atoms with Crippen molar-refractivity contribution in [2.24, 2.45) is 0 Å². The van der Waals surface area contributed by atoms with Gasteiger partial charge in [-0.25, -0.2) is 14.4 Å². The molecule has 0 bridgehead atoms. The molecule has 2 rings (SSSR count). The van der Waals surface area contributed by atoms with Gasteiger partial charge >= 0.3 is 0 Å². The predicted molar refractivity (Wildman–Crippen MR) is 119 cm³/mol. The molecule has 0 fully saturated rings. The molecule has 0 amide bonds. The Morgan fingerprint density at radius 1 is 0.793 bits per heavy atom. The minimum atomic E-state index is -0.350. The number of hydrogen-bond donors (Lipinski definition) is 0. The van der Waals surface area contributed by atoms with Crippen molar-refractivity contribution in [2.45, 2.75) is 90.9 Å². The van der Waals surface area contributed by atoms with E-state index in [-0.39, 0.29) is 5.82 Å². The topological polar surface area (TPSA) is 35.0 Å². The average Bonchev–Trinajstić information content (AvgIpc) is 2.74. The second-order valence-corrected chi connectivity index (χ2v) is 7.84. The van der Waals surface area contributed by atoms with Crippen LogP contribution in [-0.4, -0.2) is 16.6 Å². The Hall–Kier alpha value is -1.97. The van der Waals surface area contributed by atoms with Crippen molar-refractivity contribution in [2.75, 3.05) is 6.61 Å². The Bertz CT molecular complexity index is 688. The van der Waals surface area contributed by atoms with Crippen molar-refractivity contribution in [1.29, 1.82) is 0 Å². The van der Waals surface area contributed by atoms with E-state index < -0.39 is 0 Å². The molecule has 0 radical (unpaired) electrons. The zero-order valence-corrected chi connectivity index (χ0v) is 18.3. The van der Waals surface area contributed by atoms with Crippen LogP contribution in [0.2, 0.25) is 0 Å². The third-order valence-corrected chi connectivity index (χ3v) is 5.22. The van der Waals surface area contributed by atoms with E-state index in [9.17, 15) is 4.39 Å². The molecule has 3 nitrogen and oxygen atoms in total. The first-order chi connectivity index (χ1) is 14.2. The third-order valence-electron chi connectivity index (χ3n) is 5.22. The number of aromatic nitrogens is 2. The van der Waals surface area contributed by atoms with Gasteiger partial charge in [0.05, 0.1) is 6.61 Å². The first-order valence-corrected chi connectivity index (χ1v) is 11.5. The van der Waals surface area contributed by atoms with Gasteiger partial charge in [-0.3, -0.25) is 0 Å². The Kier molecular flexibility index (Phi) is 11.3. The first kappa shape index (κ1) is 23.3. The second-order valence-electron chi connectivity index (χ2n) is 7.84. The lowest BCUT2D eigenvalue weighted by molar-refractivity contribution is 0.290. The summed E-state index contributed by atoms with van der Waals surface area (Å²) >= 11 is 0. The Morgan fingerprint density at radius 2 is 1.41 bits per heavy atom. The molecule has 1 heterocycles. The molecule has 0 aliphatic rings. The fourth-order valence-electron chi connectivity index (χ4n) is 3.39. The van der Waals surface area contributed by atoms with Gasteiger partial charge in [0, 0.05) is 18.0 Å². The minimum Gasteiger partial charge on any atom is -0.491 e. The highest BCUT2D eigenvalue weighted by Crippen LogP contribution is 2.24. The third kappa shape index (κ3) is 8.93. The van der Waals surface area contributed by atoms with E-state index in [2.05, 4.69) is 23.8 Å². The summed E-state index contributed by atoms with van der Waals surface area (Å²) in [6.07, 6.45) is 18.2. The summed E-state index contributed by atoms with van der Waals surface area (Å²) in [5.74, 6) is 0.518. The van der Waals surface area contributed by atoms with Gasteiger partial charge in [0.1, 0.15) is 0 Å². The fourth-order valence-corrected chi connectivity index (χ4v) is 3.39. The maximum atomic E-state index is 14.4. The van der Waals surface area contributed by atoms with Crippen molar-refractivity contribution in [1.82, 2.24) is 9.97 Å². The van der Waals surface area contributed by atoms with Crippen LogP contribution in [0.5, 0.6) is 5.75 Å². The van der Waals surface area contributed by atoms with Crippen LogP contribution in [0.25, 0.3) is 11.4 Å². The molecule has 0 N–H and O–H groups in total. The molecular formula is C25H37FN2O. The lowest BCUT2D eigenvalue weighted by Crippen LogP contribution is -2.00. The van der Waals surface area contributed by atoms with E-state index in [4.69, 9.17) is 4.74 Å². The maximum absolute atomic E-state index is 14.4. The lowest BCUT2D eigenvalue weighted by atomic mass is 10.1. The van der Waals surface area contributed by atoms with Gasteiger partial charge in [-0.1, -0.05) is 71.6 Å². The van der Waals surface area contributed by atoms with Crippen molar-refractivity contribution >= 4 is 0 Å². The van der Waals surface area contributed by atoms with Crippen LogP contribution < -0.4 is 4.74 Å². The summed E-state index contributed by atoms with van der Waals surface area (Å²) in [4.78, 5) is 8.85. The molecule has 29 heavy (non-hydrogen) atoms. The van der Waals surface area contributed by atoms with Crippen LogP contribution >= 0.6 is 0 Å². The van der Waals surface area contributed by atoms with E-state index in [0.717, 1.165) is 24.8 Å². The molecule has 0 aliphatic heterocycles. The zero-order valence-electron chi connectivity index (χ0n) is 18.3. The van der Waals surface area contributed by atoms with Gasteiger partial charge in [0.15, 0.2) is 17.4 Å². The molecule has 2 aromatic rings. The average molecular weight is 401 g/mol. The summed E-state index contributed by atoms with van der Waals surface area (Å²) in [5, 5.41) is 0. The summed E-state index contributed by atoms with van der Waals surface area (Å²) < 4.78 is 20.0. The van der Waals surface area contributed by atoms with E-state index in [1.54, 1.807) is 6.07 Å². The molecule has 160 valence electrons. The Labute approximate surface area is 176 Å². The highest BCUT2D eigenvalue weighted by atomic mass is 19.1. The fraction of sp³-hybridized carbons (Fsp3) is 0.600. The van der Waals surface area contributed by atoms with E-state index in [0.29, 0.717) is 23.7 Å². The maximum Gasteiger partial charge on any atom is 0.165 e. The molecule has 0 saturated carbocycles. The van der Waals surface area contributed by atoms with Crippen LogP contribution in [0.3, 0.4) is 0 Å². The van der Waals surface area contributed by atoms with E-state index in [1.807, 2.05) is 18.5 Å². The highest BCUT2D eigenvalue weighted by molar-refractivity contribution is 5.56. The number of benzene rings is 1. The smallest absolute Gasteiger partial charge is 0.165 e. The molecular weight excluding hydrogens is 363 g/mol. The van der Waals surface area contributed by atoms with Crippen molar-refractivity contribution in [3.63, 3.8) is 0 Å². The number of aryl methyl sites for hydroxylation is 1. The normalized spacial score (nSPS) is 11.0. The second kappa shape index (κ2) is 14.1. The van der Waals surface area contributed by atoms with Crippen LogP contribution in [0.15, 0.2) is 30.6 Å². The van der Waals surface area contributed by atoms with Crippen molar-refractivity contribution < 1.29 is 9.13 Å². The summed E-state index contributed by atoms with van der Waals surface area (Å²) in [6, 6.07) is 4.99. The molecule has 0 saturated heterocycles. The van der Waals surface area contributed by atoms with E-state index >= 15 is 0 Å². The molecule has 0 unspecified atom stereocenters. The van der Waals surface area contributed by atoms with Gasteiger partial charge in [-0.15, -0.1) is 0 Å². The van der Waals surface area contributed by atoms with Crippen LogP contribution in [0.4, 0.5) is 4.39 Å². The molecule has 4 heteroatoms. The van der Waals surface area contributed by atoms with Gasteiger partial charge in [-0.05, 0) is 43.0 Å². The highest BCUT2D eigenvalue weighted by Gasteiger charge is 2.08. The zero-order chi connectivity index (χ0) is 20.7. The first-order valence-electron chi connectivity index (χ1n) is 11.5. The van der Waals surface area contributed by atoms with Crippen LogP contribution in [0, 0.1) is 5.82 Å². The van der Waals surface area contributed by atoms with Crippen molar-refractivity contribution in [3.8, 4) is 17.1 Å². The quantitative estimate of drug-likeness (QED) is 0.290. The van der Waals surface area contributed by atoms with Crippen molar-refractivity contribution in [3.05, 3.63) is 42.0 Å². The molecule has 1 aromatic heterocycles. The standard InChI is InChI=1S/C25H37FN2O/c1-3-5-7-9-11-13-17-29-24-16-15-22(18-23(24)26)25-27-19-21(20-28-25)14-12-10-8-6-4-2/h15-16,18-20H,3-14,17H2,1-2H3. The SMILES string of the molecule is CCCCCCCCOc1ccc(-c2ncc(CCCCCCC)cn2)cc1F. The largest absolute Gasteiger partial charge is 0.491 e. The molecule has 1 aromatic carbocycles. The Balaban J connectivity index is 1.78. The van der Waals surface area contributed by atoms with Gasteiger partial charge in [0.25, 0.3) is 0 Å². The molecule has 0 aliphatic carbocycles.